The minimum absolute atomic E-state index is 0.0742. The van der Waals surface area contributed by atoms with Crippen molar-refractivity contribution in [1.29, 1.82) is 0 Å². The molecule has 0 aliphatic carbocycles. The number of carbonyl (C=O) groups excluding carboxylic acids is 2. The van der Waals surface area contributed by atoms with Crippen LogP contribution in [0.3, 0.4) is 0 Å². The van der Waals surface area contributed by atoms with Gasteiger partial charge in [0.15, 0.2) is 0 Å². The summed E-state index contributed by atoms with van der Waals surface area (Å²) >= 11 is 0. The van der Waals surface area contributed by atoms with Crippen molar-refractivity contribution in [3.05, 3.63) is 35.2 Å². The first-order valence-electron chi connectivity index (χ1n) is 8.69. The predicted molar refractivity (Wildman–Crippen MR) is 97.5 cm³/mol. The van der Waals surface area contributed by atoms with Crippen LogP contribution >= 0.6 is 0 Å². The summed E-state index contributed by atoms with van der Waals surface area (Å²) in [5.41, 5.74) is 3.12. The third kappa shape index (κ3) is 3.71. The first-order valence-corrected chi connectivity index (χ1v) is 8.69. The standard InChI is InChI=1S/C19H23N3O4/c1-12-15(13(2)26-21-12)7-9-18(23)20-14-6-8-17(25-3)16(11-14)22-10-4-5-19(22)24/h6,8,11H,4-5,7,9-10H2,1-3H3,(H,20,23). The second kappa shape index (κ2) is 7.59. The molecule has 1 N–H and O–H groups in total. The number of aryl methyl sites for hydroxylation is 2. The van der Waals surface area contributed by atoms with E-state index in [0.29, 0.717) is 42.9 Å². The van der Waals surface area contributed by atoms with Crippen molar-refractivity contribution in [3.8, 4) is 5.75 Å². The van der Waals surface area contributed by atoms with Crippen LogP contribution in [-0.2, 0) is 16.0 Å². The van der Waals surface area contributed by atoms with E-state index in [9.17, 15) is 9.59 Å². The van der Waals surface area contributed by atoms with Crippen molar-refractivity contribution in [2.45, 2.75) is 39.5 Å². The highest BCUT2D eigenvalue weighted by molar-refractivity contribution is 5.98. The summed E-state index contributed by atoms with van der Waals surface area (Å²) in [6, 6.07) is 5.33. The van der Waals surface area contributed by atoms with Gasteiger partial charge in [0, 0.05) is 30.6 Å². The number of methoxy groups -OCH3 is 1. The van der Waals surface area contributed by atoms with Crippen molar-refractivity contribution < 1.29 is 18.8 Å². The van der Waals surface area contributed by atoms with Crippen LogP contribution in [0.15, 0.2) is 22.7 Å². The molecule has 7 nitrogen and oxygen atoms in total. The van der Waals surface area contributed by atoms with E-state index in [4.69, 9.17) is 9.26 Å². The third-order valence-corrected chi connectivity index (χ3v) is 4.61. The van der Waals surface area contributed by atoms with Crippen LogP contribution in [0, 0.1) is 13.8 Å². The van der Waals surface area contributed by atoms with E-state index >= 15 is 0 Å². The fraction of sp³-hybridized carbons (Fsp3) is 0.421. The zero-order chi connectivity index (χ0) is 18.7. The molecule has 26 heavy (non-hydrogen) atoms. The van der Waals surface area contributed by atoms with Gasteiger partial charge in [-0.25, -0.2) is 0 Å². The van der Waals surface area contributed by atoms with Crippen LogP contribution in [0.5, 0.6) is 5.75 Å². The molecule has 1 fully saturated rings. The summed E-state index contributed by atoms with van der Waals surface area (Å²) in [5, 5.41) is 6.79. The molecular weight excluding hydrogens is 334 g/mol. The molecule has 1 saturated heterocycles. The maximum Gasteiger partial charge on any atom is 0.227 e. The lowest BCUT2D eigenvalue weighted by atomic mass is 10.1. The normalized spacial score (nSPS) is 14.0. The summed E-state index contributed by atoms with van der Waals surface area (Å²) in [5.74, 6) is 1.34. The quantitative estimate of drug-likeness (QED) is 0.859. The van der Waals surface area contributed by atoms with E-state index in [1.54, 1.807) is 30.2 Å². The average Bonchev–Trinajstić information content (AvgIpc) is 3.18. The second-order valence-corrected chi connectivity index (χ2v) is 6.39. The van der Waals surface area contributed by atoms with E-state index in [0.717, 1.165) is 23.4 Å². The van der Waals surface area contributed by atoms with E-state index in [1.807, 2.05) is 13.8 Å². The average molecular weight is 357 g/mol. The number of amides is 2. The Balaban J connectivity index is 1.69. The van der Waals surface area contributed by atoms with E-state index < -0.39 is 0 Å². The van der Waals surface area contributed by atoms with Crippen LogP contribution in [0.4, 0.5) is 11.4 Å². The Labute approximate surface area is 152 Å². The number of nitrogens with zero attached hydrogens (tertiary/aromatic N) is 2. The number of hydrogen-bond acceptors (Lipinski definition) is 5. The van der Waals surface area contributed by atoms with Gasteiger partial charge in [-0.2, -0.15) is 0 Å². The molecule has 2 aromatic rings. The van der Waals surface area contributed by atoms with Gasteiger partial charge in [-0.15, -0.1) is 0 Å². The molecule has 3 rings (SSSR count). The molecule has 1 aliphatic heterocycles. The van der Waals surface area contributed by atoms with Gasteiger partial charge in [0.25, 0.3) is 0 Å². The fourth-order valence-corrected chi connectivity index (χ4v) is 3.20. The maximum atomic E-state index is 12.3. The van der Waals surface area contributed by atoms with Crippen molar-refractivity contribution >= 4 is 23.2 Å². The molecule has 0 bridgehead atoms. The minimum atomic E-state index is -0.103. The van der Waals surface area contributed by atoms with E-state index in [-0.39, 0.29) is 11.8 Å². The molecule has 1 aromatic heterocycles. The Morgan fingerprint density at radius 3 is 2.81 bits per heavy atom. The Morgan fingerprint density at radius 1 is 1.38 bits per heavy atom. The molecule has 0 radical (unpaired) electrons. The number of anilines is 2. The SMILES string of the molecule is COc1ccc(NC(=O)CCc2c(C)noc2C)cc1N1CCCC1=O. The van der Waals surface area contributed by atoms with Gasteiger partial charge in [-0.1, -0.05) is 5.16 Å². The number of hydrogen-bond donors (Lipinski definition) is 1. The van der Waals surface area contributed by atoms with Gasteiger partial charge in [0.1, 0.15) is 11.5 Å². The molecule has 2 amide bonds. The smallest absolute Gasteiger partial charge is 0.227 e. The van der Waals surface area contributed by atoms with Crippen molar-refractivity contribution in [2.75, 3.05) is 23.9 Å². The highest BCUT2D eigenvalue weighted by atomic mass is 16.5. The zero-order valence-corrected chi connectivity index (χ0v) is 15.3. The van der Waals surface area contributed by atoms with Gasteiger partial charge in [0.05, 0.1) is 18.5 Å². The van der Waals surface area contributed by atoms with E-state index in [2.05, 4.69) is 10.5 Å². The summed E-state index contributed by atoms with van der Waals surface area (Å²) in [4.78, 5) is 26.1. The lowest BCUT2D eigenvalue weighted by molar-refractivity contribution is -0.117. The zero-order valence-electron chi connectivity index (χ0n) is 15.3. The van der Waals surface area contributed by atoms with Gasteiger partial charge < -0.3 is 19.5 Å². The number of nitrogens with one attached hydrogen (secondary N) is 1. The molecule has 2 heterocycles. The first-order chi connectivity index (χ1) is 12.5. The highest BCUT2D eigenvalue weighted by Crippen LogP contribution is 2.34. The lowest BCUT2D eigenvalue weighted by Crippen LogP contribution is -2.24. The number of ether oxygens (including phenoxy) is 1. The minimum Gasteiger partial charge on any atom is -0.495 e. The first kappa shape index (κ1) is 18.0. The largest absolute Gasteiger partial charge is 0.495 e. The number of carbonyl (C=O) groups is 2. The summed E-state index contributed by atoms with van der Waals surface area (Å²) in [7, 11) is 1.57. The molecule has 1 aliphatic rings. The van der Waals surface area contributed by atoms with Gasteiger partial charge in [-0.3, -0.25) is 9.59 Å². The molecular formula is C19H23N3O4. The monoisotopic (exact) mass is 357 g/mol. The fourth-order valence-electron chi connectivity index (χ4n) is 3.20. The lowest BCUT2D eigenvalue weighted by Gasteiger charge is -2.20. The van der Waals surface area contributed by atoms with Crippen LogP contribution in [0.2, 0.25) is 0 Å². The third-order valence-electron chi connectivity index (χ3n) is 4.61. The second-order valence-electron chi connectivity index (χ2n) is 6.39. The predicted octanol–water partition coefficient (Wildman–Crippen LogP) is 3.00. The van der Waals surface area contributed by atoms with Crippen LogP contribution in [0.25, 0.3) is 0 Å². The number of benzene rings is 1. The van der Waals surface area contributed by atoms with Crippen molar-refractivity contribution in [2.24, 2.45) is 0 Å². The Hall–Kier alpha value is -2.83. The van der Waals surface area contributed by atoms with Gasteiger partial charge >= 0.3 is 0 Å². The molecule has 0 spiro atoms. The Bertz CT molecular complexity index is 809. The summed E-state index contributed by atoms with van der Waals surface area (Å²) in [6.07, 6.45) is 2.26. The molecule has 7 heteroatoms. The molecule has 138 valence electrons. The summed E-state index contributed by atoms with van der Waals surface area (Å²) < 4.78 is 10.5. The van der Waals surface area contributed by atoms with Crippen molar-refractivity contribution in [1.82, 2.24) is 5.16 Å². The maximum absolute atomic E-state index is 12.3. The van der Waals surface area contributed by atoms with Crippen LogP contribution in [0.1, 0.15) is 36.3 Å². The van der Waals surface area contributed by atoms with E-state index in [1.165, 1.54) is 0 Å². The molecule has 0 unspecified atom stereocenters. The number of aromatic nitrogens is 1. The summed E-state index contributed by atoms with van der Waals surface area (Å²) in [6.45, 7) is 4.38. The van der Waals surface area contributed by atoms with Gasteiger partial charge in [-0.05, 0) is 44.9 Å². The molecule has 0 atom stereocenters. The number of rotatable bonds is 6. The van der Waals surface area contributed by atoms with Crippen LogP contribution in [-0.4, -0.2) is 30.6 Å². The molecule has 0 saturated carbocycles. The van der Waals surface area contributed by atoms with Crippen LogP contribution < -0.4 is 15.0 Å². The van der Waals surface area contributed by atoms with Crippen molar-refractivity contribution in [3.63, 3.8) is 0 Å². The van der Waals surface area contributed by atoms with Gasteiger partial charge in [0.2, 0.25) is 11.8 Å². The highest BCUT2D eigenvalue weighted by Gasteiger charge is 2.25. The Morgan fingerprint density at radius 2 is 2.19 bits per heavy atom. The molecule has 1 aromatic carbocycles. The Kier molecular flexibility index (Phi) is 5.25. The topological polar surface area (TPSA) is 84.7 Å².